The fourth-order valence-electron chi connectivity index (χ4n) is 2.40. The number of anilines is 1. The second-order valence-corrected chi connectivity index (χ2v) is 6.40. The number of rotatable bonds is 4. The van der Waals surface area contributed by atoms with Crippen LogP contribution in [0.4, 0.5) is 19.3 Å². The molecular weight excluding hydrogens is 328 g/mol. The predicted octanol–water partition coefficient (Wildman–Crippen LogP) is 3.22. The topological polar surface area (TPSA) is 91.3 Å². The van der Waals surface area contributed by atoms with Crippen LogP contribution >= 0.6 is 11.3 Å². The molecule has 0 aliphatic heterocycles. The molecule has 6 nitrogen and oxygen atoms in total. The molecule has 3 N–H and O–H groups in total. The molecule has 0 radical (unpaired) electrons. The number of fused-ring (bicyclic) bond motifs is 1. The first kappa shape index (κ1) is 15.6. The number of carboxylic acid groups (broad SMARTS) is 1. The Kier molecular flexibility index (Phi) is 4.12. The Labute approximate surface area is 133 Å². The van der Waals surface area contributed by atoms with Crippen molar-refractivity contribution < 1.29 is 23.5 Å². The first-order chi connectivity index (χ1) is 10.9. The van der Waals surface area contributed by atoms with E-state index in [0.717, 1.165) is 11.3 Å². The van der Waals surface area contributed by atoms with Gasteiger partial charge in [-0.05, 0) is 31.0 Å². The number of hydrogen-bond acceptors (Lipinski definition) is 4. The van der Waals surface area contributed by atoms with E-state index in [-0.39, 0.29) is 11.0 Å². The van der Waals surface area contributed by atoms with Crippen molar-refractivity contribution in [1.29, 1.82) is 0 Å². The number of amides is 2. The number of carboxylic acids is 1. The number of alkyl halides is 2. The standard InChI is InChI=1S/C14H13F2N3O3S/c15-11(16)12-19-9-2-1-7(5-10(9)23-12)17-14(22)18-8-3-6(4-8)13(20)21/h1-2,5-6,8,11H,3-4H2,(H,20,21)(H2,17,18,22). The fraction of sp³-hybridized carbons (Fsp3) is 0.357. The minimum absolute atomic E-state index is 0.159. The van der Waals surface area contributed by atoms with Crippen LogP contribution in [0.5, 0.6) is 0 Å². The Bertz CT molecular complexity index is 759. The third kappa shape index (κ3) is 3.39. The summed E-state index contributed by atoms with van der Waals surface area (Å²) in [6.45, 7) is 0. The van der Waals surface area contributed by atoms with Gasteiger partial charge in [-0.2, -0.15) is 0 Å². The molecule has 0 unspecified atom stereocenters. The predicted molar refractivity (Wildman–Crippen MR) is 80.9 cm³/mol. The van der Waals surface area contributed by atoms with Gasteiger partial charge >= 0.3 is 12.0 Å². The second-order valence-electron chi connectivity index (χ2n) is 5.34. The third-order valence-corrected chi connectivity index (χ3v) is 4.70. The summed E-state index contributed by atoms with van der Waals surface area (Å²) in [5, 5.41) is 13.8. The lowest BCUT2D eigenvalue weighted by molar-refractivity contribution is -0.145. The molecular formula is C14H13F2N3O3S. The number of urea groups is 1. The van der Waals surface area contributed by atoms with E-state index in [1.807, 2.05) is 0 Å². The molecule has 1 saturated carbocycles. The van der Waals surface area contributed by atoms with Crippen LogP contribution < -0.4 is 10.6 Å². The highest BCUT2D eigenvalue weighted by atomic mass is 32.1. The molecule has 9 heteroatoms. The van der Waals surface area contributed by atoms with Crippen molar-refractivity contribution in [3.8, 4) is 0 Å². The lowest BCUT2D eigenvalue weighted by atomic mass is 9.80. The average molecular weight is 341 g/mol. The van der Waals surface area contributed by atoms with Crippen molar-refractivity contribution in [3.05, 3.63) is 23.2 Å². The summed E-state index contributed by atoms with van der Waals surface area (Å²) >= 11 is 0.882. The van der Waals surface area contributed by atoms with Crippen molar-refractivity contribution in [2.24, 2.45) is 5.92 Å². The summed E-state index contributed by atoms with van der Waals surface area (Å²) in [7, 11) is 0. The molecule has 1 aliphatic rings. The smallest absolute Gasteiger partial charge is 0.319 e. The normalized spacial score (nSPS) is 20.3. The summed E-state index contributed by atoms with van der Waals surface area (Å²) in [4.78, 5) is 26.3. The van der Waals surface area contributed by atoms with Crippen LogP contribution in [0, 0.1) is 5.92 Å². The number of carbonyl (C=O) groups excluding carboxylic acids is 1. The van der Waals surface area contributed by atoms with E-state index in [4.69, 9.17) is 5.11 Å². The van der Waals surface area contributed by atoms with Gasteiger partial charge in [0.15, 0.2) is 5.01 Å². The number of benzene rings is 1. The van der Waals surface area contributed by atoms with E-state index in [1.54, 1.807) is 18.2 Å². The van der Waals surface area contributed by atoms with Gasteiger partial charge in [0, 0.05) is 11.7 Å². The zero-order valence-electron chi connectivity index (χ0n) is 11.8. The number of nitrogens with zero attached hydrogens (tertiary/aromatic N) is 1. The molecule has 23 heavy (non-hydrogen) atoms. The Morgan fingerprint density at radius 1 is 1.35 bits per heavy atom. The molecule has 2 aromatic rings. The van der Waals surface area contributed by atoms with E-state index in [2.05, 4.69) is 15.6 Å². The highest BCUT2D eigenvalue weighted by Crippen LogP contribution is 2.31. The Balaban J connectivity index is 1.60. The first-order valence-corrected chi connectivity index (χ1v) is 7.73. The van der Waals surface area contributed by atoms with Gasteiger partial charge in [0.25, 0.3) is 6.43 Å². The van der Waals surface area contributed by atoms with Gasteiger partial charge in [-0.3, -0.25) is 4.79 Å². The molecule has 0 spiro atoms. The lowest BCUT2D eigenvalue weighted by Crippen LogP contribution is -2.48. The van der Waals surface area contributed by atoms with Crippen LogP contribution in [0.15, 0.2) is 18.2 Å². The van der Waals surface area contributed by atoms with Gasteiger partial charge in [-0.1, -0.05) is 0 Å². The molecule has 122 valence electrons. The first-order valence-electron chi connectivity index (χ1n) is 6.91. The maximum atomic E-state index is 12.6. The number of thiazole rings is 1. The van der Waals surface area contributed by atoms with Gasteiger partial charge in [0.1, 0.15) is 0 Å². The summed E-state index contributed by atoms with van der Waals surface area (Å²) in [5.74, 6) is -1.25. The number of carbonyl (C=O) groups is 2. The number of aliphatic carboxylic acids is 1. The van der Waals surface area contributed by atoms with Crippen LogP contribution in [-0.2, 0) is 4.79 Å². The van der Waals surface area contributed by atoms with Crippen LogP contribution in [0.3, 0.4) is 0 Å². The monoisotopic (exact) mass is 341 g/mol. The van der Waals surface area contributed by atoms with Crippen molar-refractivity contribution in [1.82, 2.24) is 10.3 Å². The molecule has 1 aromatic heterocycles. The number of nitrogens with one attached hydrogen (secondary N) is 2. The van der Waals surface area contributed by atoms with Crippen LogP contribution in [0.25, 0.3) is 10.2 Å². The minimum Gasteiger partial charge on any atom is -0.481 e. The average Bonchev–Trinajstić information content (AvgIpc) is 2.85. The highest BCUT2D eigenvalue weighted by Gasteiger charge is 2.35. The maximum absolute atomic E-state index is 12.6. The van der Waals surface area contributed by atoms with Crippen molar-refractivity contribution in [3.63, 3.8) is 0 Å². The largest absolute Gasteiger partial charge is 0.481 e. The SMILES string of the molecule is O=C(Nc1ccc2nc(C(F)F)sc2c1)NC1CC(C(=O)O)C1. The van der Waals surface area contributed by atoms with E-state index < -0.39 is 24.3 Å². The number of aromatic nitrogens is 1. The number of halogens is 2. The Morgan fingerprint density at radius 2 is 2.09 bits per heavy atom. The van der Waals surface area contributed by atoms with Crippen LogP contribution in [0.1, 0.15) is 24.3 Å². The van der Waals surface area contributed by atoms with Crippen molar-refractivity contribution >= 4 is 39.2 Å². The van der Waals surface area contributed by atoms with Crippen molar-refractivity contribution in [2.45, 2.75) is 25.3 Å². The van der Waals surface area contributed by atoms with Gasteiger partial charge in [0.2, 0.25) is 0 Å². The van der Waals surface area contributed by atoms with Gasteiger partial charge in [0.05, 0.1) is 16.1 Å². The molecule has 3 rings (SSSR count). The van der Waals surface area contributed by atoms with Crippen molar-refractivity contribution in [2.75, 3.05) is 5.32 Å². The summed E-state index contributed by atoms with van der Waals surface area (Å²) < 4.78 is 25.8. The van der Waals surface area contributed by atoms with Gasteiger partial charge in [-0.25, -0.2) is 18.6 Å². The Hall–Kier alpha value is -2.29. The molecule has 0 saturated heterocycles. The molecule has 1 aliphatic carbocycles. The molecule has 2 amide bonds. The second kappa shape index (κ2) is 6.07. The summed E-state index contributed by atoms with van der Waals surface area (Å²) in [6, 6.07) is 4.12. The Morgan fingerprint density at radius 3 is 2.74 bits per heavy atom. The minimum atomic E-state index is -2.62. The zero-order valence-corrected chi connectivity index (χ0v) is 12.6. The molecule has 0 bridgehead atoms. The molecule has 1 fully saturated rings. The van der Waals surface area contributed by atoms with E-state index in [1.165, 1.54) is 0 Å². The molecule has 1 aromatic carbocycles. The number of hydrogen-bond donors (Lipinski definition) is 3. The van der Waals surface area contributed by atoms with Crippen LogP contribution in [0.2, 0.25) is 0 Å². The van der Waals surface area contributed by atoms with Gasteiger partial charge in [-0.15, -0.1) is 11.3 Å². The quantitative estimate of drug-likeness (QED) is 0.796. The lowest BCUT2D eigenvalue weighted by Gasteiger charge is -2.32. The maximum Gasteiger partial charge on any atom is 0.319 e. The fourth-order valence-corrected chi connectivity index (χ4v) is 3.27. The zero-order chi connectivity index (χ0) is 16.6. The van der Waals surface area contributed by atoms with Gasteiger partial charge < -0.3 is 15.7 Å². The van der Waals surface area contributed by atoms with E-state index in [0.29, 0.717) is 28.7 Å². The third-order valence-electron chi connectivity index (χ3n) is 3.67. The highest BCUT2D eigenvalue weighted by molar-refractivity contribution is 7.18. The summed E-state index contributed by atoms with van der Waals surface area (Å²) in [6.07, 6.45) is -1.80. The summed E-state index contributed by atoms with van der Waals surface area (Å²) in [5.41, 5.74) is 0.924. The van der Waals surface area contributed by atoms with E-state index in [9.17, 15) is 18.4 Å². The van der Waals surface area contributed by atoms with Crippen LogP contribution in [-0.4, -0.2) is 28.1 Å². The van der Waals surface area contributed by atoms with E-state index >= 15 is 0 Å². The molecule has 0 atom stereocenters. The molecule has 1 heterocycles.